The number of aliphatic hydroxyl groups excluding tert-OH is 1. The lowest BCUT2D eigenvalue weighted by atomic mass is 10.00. The van der Waals surface area contributed by atoms with Crippen LogP contribution >= 0.6 is 0 Å². The third kappa shape index (κ3) is 2.10. The van der Waals surface area contributed by atoms with E-state index in [-0.39, 0.29) is 6.04 Å². The Kier molecular flexibility index (Phi) is 2.91. The summed E-state index contributed by atoms with van der Waals surface area (Å²) in [5.74, 6) is 0.881. The van der Waals surface area contributed by atoms with Gasteiger partial charge in [0, 0.05) is 12.6 Å². The smallest absolute Gasteiger partial charge is 0.142 e. The molecule has 1 aromatic carbocycles. The van der Waals surface area contributed by atoms with Gasteiger partial charge in [-0.2, -0.15) is 0 Å². The molecule has 2 atom stereocenters. The van der Waals surface area contributed by atoms with Gasteiger partial charge >= 0.3 is 0 Å². The van der Waals surface area contributed by atoms with Gasteiger partial charge < -0.3 is 20.5 Å². The summed E-state index contributed by atoms with van der Waals surface area (Å²) in [5.41, 5.74) is 1.95. The normalized spacial score (nSPS) is 24.6. The summed E-state index contributed by atoms with van der Waals surface area (Å²) in [7, 11) is 0. The van der Waals surface area contributed by atoms with Crippen LogP contribution in [0.25, 0.3) is 0 Å². The molecule has 0 bridgehead atoms. The summed E-state index contributed by atoms with van der Waals surface area (Å²) in [6.07, 6.45) is 1.77. The topological polar surface area (TPSA) is 53.5 Å². The number of rotatable bonds is 2. The molecule has 2 aliphatic rings. The number of aliphatic hydroxyl groups is 1. The number of ether oxygens (including phenoxy) is 1. The Bertz CT molecular complexity index is 402. The molecule has 92 valence electrons. The number of anilines is 1. The molecule has 1 aromatic rings. The average Bonchev–Trinajstić information content (AvgIpc) is 2.91. The molecule has 0 aromatic heterocycles. The molecule has 3 rings (SSSR count). The van der Waals surface area contributed by atoms with Crippen LogP contribution in [-0.4, -0.2) is 30.8 Å². The van der Waals surface area contributed by atoms with Crippen LogP contribution in [0.1, 0.15) is 24.5 Å². The van der Waals surface area contributed by atoms with Gasteiger partial charge in [-0.15, -0.1) is 0 Å². The molecule has 0 radical (unpaired) electrons. The fourth-order valence-electron chi connectivity index (χ4n) is 2.56. The maximum absolute atomic E-state index is 10.3. The van der Waals surface area contributed by atoms with E-state index >= 15 is 0 Å². The van der Waals surface area contributed by atoms with E-state index in [1.807, 2.05) is 18.2 Å². The molecule has 0 amide bonds. The summed E-state index contributed by atoms with van der Waals surface area (Å²) < 4.78 is 5.52. The molecule has 4 heteroatoms. The van der Waals surface area contributed by atoms with Crippen molar-refractivity contribution >= 4 is 5.69 Å². The zero-order valence-corrected chi connectivity index (χ0v) is 9.78. The Morgan fingerprint density at radius 3 is 3.12 bits per heavy atom. The van der Waals surface area contributed by atoms with E-state index in [2.05, 4.69) is 10.6 Å². The lowest BCUT2D eigenvalue weighted by Crippen LogP contribution is -2.29. The van der Waals surface area contributed by atoms with Crippen LogP contribution in [0, 0.1) is 0 Å². The van der Waals surface area contributed by atoms with Gasteiger partial charge in [0.15, 0.2) is 0 Å². The third-order valence-electron chi connectivity index (χ3n) is 3.50. The zero-order chi connectivity index (χ0) is 11.7. The van der Waals surface area contributed by atoms with Crippen molar-refractivity contribution in [2.45, 2.75) is 25.0 Å². The number of benzene rings is 1. The number of fused-ring (bicyclic) bond motifs is 1. The molecule has 4 nitrogen and oxygen atoms in total. The minimum Gasteiger partial charge on any atom is -0.490 e. The summed E-state index contributed by atoms with van der Waals surface area (Å²) in [5, 5.41) is 16.9. The van der Waals surface area contributed by atoms with Crippen molar-refractivity contribution in [2.24, 2.45) is 0 Å². The van der Waals surface area contributed by atoms with Gasteiger partial charge in [0.2, 0.25) is 0 Å². The van der Waals surface area contributed by atoms with Crippen molar-refractivity contribution in [1.29, 1.82) is 0 Å². The number of hydrogen-bond donors (Lipinski definition) is 3. The molecule has 3 N–H and O–H groups in total. The molecule has 17 heavy (non-hydrogen) atoms. The lowest BCUT2D eigenvalue weighted by molar-refractivity contribution is 0.137. The monoisotopic (exact) mass is 234 g/mol. The van der Waals surface area contributed by atoms with Gasteiger partial charge in [-0.3, -0.25) is 0 Å². The van der Waals surface area contributed by atoms with Crippen LogP contribution in [0.15, 0.2) is 18.2 Å². The van der Waals surface area contributed by atoms with Crippen molar-refractivity contribution < 1.29 is 9.84 Å². The predicted molar refractivity (Wildman–Crippen MR) is 66.4 cm³/mol. The van der Waals surface area contributed by atoms with E-state index in [0.29, 0.717) is 6.61 Å². The highest BCUT2D eigenvalue weighted by molar-refractivity contribution is 5.59. The van der Waals surface area contributed by atoms with Crippen molar-refractivity contribution in [1.82, 2.24) is 5.32 Å². The zero-order valence-electron chi connectivity index (χ0n) is 9.78. The molecule has 2 unspecified atom stereocenters. The van der Waals surface area contributed by atoms with E-state index < -0.39 is 6.10 Å². The number of nitrogens with one attached hydrogen (secondary N) is 2. The van der Waals surface area contributed by atoms with Crippen molar-refractivity contribution in [3.8, 4) is 5.75 Å². The largest absolute Gasteiger partial charge is 0.490 e. The first-order chi connectivity index (χ1) is 8.34. The molecule has 0 aliphatic carbocycles. The molecule has 2 aliphatic heterocycles. The maximum atomic E-state index is 10.3. The average molecular weight is 234 g/mol. The van der Waals surface area contributed by atoms with Crippen LogP contribution in [0.5, 0.6) is 5.75 Å². The summed E-state index contributed by atoms with van der Waals surface area (Å²) >= 11 is 0. The molecular weight excluding hydrogens is 216 g/mol. The predicted octanol–water partition coefficient (Wildman–Crippen LogP) is 1.28. The second kappa shape index (κ2) is 4.55. The Labute approximate surface area is 101 Å². The van der Waals surface area contributed by atoms with Gasteiger partial charge in [0.1, 0.15) is 12.4 Å². The Morgan fingerprint density at radius 2 is 2.29 bits per heavy atom. The molecule has 0 spiro atoms. The maximum Gasteiger partial charge on any atom is 0.142 e. The summed E-state index contributed by atoms with van der Waals surface area (Å²) in [4.78, 5) is 0. The number of hydrogen-bond acceptors (Lipinski definition) is 4. The second-order valence-corrected chi connectivity index (χ2v) is 4.68. The highest BCUT2D eigenvalue weighted by Gasteiger charge is 2.24. The fraction of sp³-hybridized carbons (Fsp3) is 0.538. The minimum absolute atomic E-state index is 0.192. The molecule has 0 saturated carbocycles. The Balaban J connectivity index is 1.82. The molecule has 1 saturated heterocycles. The highest BCUT2D eigenvalue weighted by atomic mass is 16.5. The molecule has 2 heterocycles. The van der Waals surface area contributed by atoms with E-state index in [1.54, 1.807) is 0 Å². The van der Waals surface area contributed by atoms with Gasteiger partial charge in [0.05, 0.1) is 11.8 Å². The van der Waals surface area contributed by atoms with Crippen LogP contribution in [0.4, 0.5) is 5.69 Å². The first-order valence-corrected chi connectivity index (χ1v) is 6.27. The fourth-order valence-corrected chi connectivity index (χ4v) is 2.56. The van der Waals surface area contributed by atoms with E-state index in [1.165, 1.54) is 0 Å². The van der Waals surface area contributed by atoms with Crippen molar-refractivity contribution in [2.75, 3.05) is 25.0 Å². The van der Waals surface area contributed by atoms with Crippen LogP contribution in [0.3, 0.4) is 0 Å². The van der Waals surface area contributed by atoms with Crippen LogP contribution < -0.4 is 15.4 Å². The van der Waals surface area contributed by atoms with Crippen molar-refractivity contribution in [3.05, 3.63) is 23.8 Å². The minimum atomic E-state index is -0.425. The van der Waals surface area contributed by atoms with Crippen molar-refractivity contribution in [3.63, 3.8) is 0 Å². The van der Waals surface area contributed by atoms with Crippen LogP contribution in [0.2, 0.25) is 0 Å². The first-order valence-electron chi connectivity index (χ1n) is 6.27. The van der Waals surface area contributed by atoms with E-state index in [9.17, 15) is 5.11 Å². The van der Waals surface area contributed by atoms with Gasteiger partial charge in [0.25, 0.3) is 0 Å². The summed E-state index contributed by atoms with van der Waals surface area (Å²) in [6.45, 7) is 2.54. The summed E-state index contributed by atoms with van der Waals surface area (Å²) in [6, 6.07) is 6.09. The standard InChI is InChI=1S/C13H18N2O2/c16-13(10-2-1-5-14-10)9-3-4-12-11(8-9)15-6-7-17-12/h3-4,8,10,13-16H,1-2,5-7H2. The van der Waals surface area contributed by atoms with Crippen LogP contribution in [-0.2, 0) is 0 Å². The first kappa shape index (κ1) is 10.9. The molecular formula is C13H18N2O2. The Morgan fingerprint density at radius 1 is 1.35 bits per heavy atom. The highest BCUT2D eigenvalue weighted by Crippen LogP contribution is 2.32. The quantitative estimate of drug-likeness (QED) is 0.721. The van der Waals surface area contributed by atoms with E-state index in [4.69, 9.17) is 4.74 Å². The third-order valence-corrected chi connectivity index (χ3v) is 3.50. The van der Waals surface area contributed by atoms with Gasteiger partial charge in [-0.05, 0) is 37.1 Å². The Hall–Kier alpha value is -1.26. The van der Waals surface area contributed by atoms with E-state index in [0.717, 1.165) is 42.9 Å². The molecule has 1 fully saturated rings. The van der Waals surface area contributed by atoms with Gasteiger partial charge in [-0.1, -0.05) is 6.07 Å². The SMILES string of the molecule is OC(c1ccc2c(c1)NCCO2)C1CCCN1. The van der Waals surface area contributed by atoms with Gasteiger partial charge in [-0.25, -0.2) is 0 Å². The second-order valence-electron chi connectivity index (χ2n) is 4.68. The lowest BCUT2D eigenvalue weighted by Gasteiger charge is -2.23.